The predicted molar refractivity (Wildman–Crippen MR) is 89.3 cm³/mol. The number of hydrogen-bond donors (Lipinski definition) is 1. The topological polar surface area (TPSA) is 34.2 Å². The highest BCUT2D eigenvalue weighted by Gasteiger charge is 2.23. The van der Waals surface area contributed by atoms with Gasteiger partial charge in [0.15, 0.2) is 5.13 Å². The van der Waals surface area contributed by atoms with E-state index in [1.807, 2.05) is 7.05 Å². The van der Waals surface area contributed by atoms with Crippen molar-refractivity contribution in [3.63, 3.8) is 0 Å². The van der Waals surface area contributed by atoms with Gasteiger partial charge in [-0.25, -0.2) is 4.98 Å². The molecule has 0 bridgehead atoms. The highest BCUT2D eigenvalue weighted by molar-refractivity contribution is 7.16. The Morgan fingerprint density at radius 1 is 1.29 bits per heavy atom. The zero-order valence-electron chi connectivity index (χ0n) is 12.8. The Labute approximate surface area is 130 Å². The average Bonchev–Trinajstić information content (AvgIpc) is 3.18. The molecule has 3 rings (SSSR count). The van der Waals surface area contributed by atoms with E-state index in [1.165, 1.54) is 23.3 Å². The molecule has 0 aliphatic heterocycles. The van der Waals surface area contributed by atoms with Crippen molar-refractivity contribution in [2.45, 2.75) is 39.2 Å². The standard InChI is InChI=1S/C17H22N2OS/c1-11(2)10-15-16(19-17(18-3)21-15)12-4-6-13(7-5-12)20-14-8-9-14/h4-7,11,14H,8-10H2,1-3H3,(H,18,19). The molecule has 0 spiro atoms. The Morgan fingerprint density at radius 2 is 2.00 bits per heavy atom. The number of aromatic nitrogens is 1. The summed E-state index contributed by atoms with van der Waals surface area (Å²) in [5.41, 5.74) is 2.28. The van der Waals surface area contributed by atoms with Crippen LogP contribution in [0.1, 0.15) is 31.6 Å². The molecule has 1 aliphatic carbocycles. The summed E-state index contributed by atoms with van der Waals surface area (Å²) < 4.78 is 5.81. The van der Waals surface area contributed by atoms with Gasteiger partial charge in [-0.15, -0.1) is 11.3 Å². The van der Waals surface area contributed by atoms with E-state index >= 15 is 0 Å². The predicted octanol–water partition coefficient (Wildman–Crippen LogP) is 4.59. The second-order valence-corrected chi connectivity index (χ2v) is 7.06. The molecule has 2 aromatic rings. The van der Waals surface area contributed by atoms with Crippen molar-refractivity contribution in [2.24, 2.45) is 5.92 Å². The number of nitrogens with one attached hydrogen (secondary N) is 1. The number of anilines is 1. The first kappa shape index (κ1) is 14.4. The normalized spacial score (nSPS) is 14.5. The van der Waals surface area contributed by atoms with Gasteiger partial charge in [0.1, 0.15) is 5.75 Å². The van der Waals surface area contributed by atoms with Crippen molar-refractivity contribution >= 4 is 16.5 Å². The molecule has 1 aliphatic rings. The molecule has 1 aromatic heterocycles. The number of thiazole rings is 1. The molecule has 0 radical (unpaired) electrons. The van der Waals surface area contributed by atoms with Crippen LogP contribution in [-0.2, 0) is 6.42 Å². The van der Waals surface area contributed by atoms with Gasteiger partial charge in [0.2, 0.25) is 0 Å². The van der Waals surface area contributed by atoms with Crippen LogP contribution in [0.3, 0.4) is 0 Å². The third-order valence-corrected chi connectivity index (χ3v) is 4.55. The summed E-state index contributed by atoms with van der Waals surface area (Å²) in [5.74, 6) is 1.60. The molecule has 1 fully saturated rings. The molecule has 3 nitrogen and oxygen atoms in total. The van der Waals surface area contributed by atoms with Crippen molar-refractivity contribution in [1.82, 2.24) is 4.98 Å². The van der Waals surface area contributed by atoms with Crippen LogP contribution < -0.4 is 10.1 Å². The number of benzene rings is 1. The minimum absolute atomic E-state index is 0.447. The van der Waals surface area contributed by atoms with E-state index in [0.717, 1.165) is 23.0 Å². The maximum atomic E-state index is 5.81. The first-order valence-corrected chi connectivity index (χ1v) is 8.42. The molecule has 0 amide bonds. The van der Waals surface area contributed by atoms with Gasteiger partial charge >= 0.3 is 0 Å². The molecule has 0 saturated heterocycles. The Balaban J connectivity index is 1.85. The Bertz CT molecular complexity index is 600. The van der Waals surface area contributed by atoms with Crippen LogP contribution in [0.5, 0.6) is 5.75 Å². The lowest BCUT2D eigenvalue weighted by molar-refractivity contribution is 0.303. The summed E-state index contributed by atoms with van der Waals surface area (Å²) in [6, 6.07) is 8.36. The van der Waals surface area contributed by atoms with Gasteiger partial charge in [-0.3, -0.25) is 0 Å². The highest BCUT2D eigenvalue weighted by atomic mass is 32.1. The lowest BCUT2D eigenvalue weighted by atomic mass is 10.0. The maximum absolute atomic E-state index is 5.81. The van der Waals surface area contributed by atoms with Crippen LogP contribution in [0.4, 0.5) is 5.13 Å². The molecule has 112 valence electrons. The number of ether oxygens (including phenoxy) is 1. The van der Waals surface area contributed by atoms with E-state index in [9.17, 15) is 0 Å². The van der Waals surface area contributed by atoms with Crippen LogP contribution in [0, 0.1) is 5.92 Å². The van der Waals surface area contributed by atoms with Crippen LogP contribution >= 0.6 is 11.3 Å². The first-order valence-electron chi connectivity index (χ1n) is 7.60. The molecule has 1 aromatic carbocycles. The number of rotatable bonds is 6. The zero-order chi connectivity index (χ0) is 14.8. The smallest absolute Gasteiger partial charge is 0.183 e. The molecule has 21 heavy (non-hydrogen) atoms. The lowest BCUT2D eigenvalue weighted by Gasteiger charge is -2.07. The van der Waals surface area contributed by atoms with Crippen LogP contribution in [0.15, 0.2) is 24.3 Å². The van der Waals surface area contributed by atoms with Crippen LogP contribution in [0.2, 0.25) is 0 Å². The van der Waals surface area contributed by atoms with Crippen LogP contribution in [0.25, 0.3) is 11.3 Å². The van der Waals surface area contributed by atoms with Gasteiger partial charge in [-0.2, -0.15) is 0 Å². The van der Waals surface area contributed by atoms with E-state index < -0.39 is 0 Å². The largest absolute Gasteiger partial charge is 0.490 e. The van der Waals surface area contributed by atoms with Crippen LogP contribution in [-0.4, -0.2) is 18.1 Å². The monoisotopic (exact) mass is 302 g/mol. The quantitative estimate of drug-likeness (QED) is 0.847. The summed E-state index contributed by atoms with van der Waals surface area (Å²) in [4.78, 5) is 6.07. The summed E-state index contributed by atoms with van der Waals surface area (Å²) in [5, 5.41) is 4.14. The third kappa shape index (κ3) is 3.56. The molecular formula is C17H22N2OS. The van der Waals surface area contributed by atoms with Crippen molar-refractivity contribution in [1.29, 1.82) is 0 Å². The molecule has 1 heterocycles. The van der Waals surface area contributed by atoms with Gasteiger partial charge in [-0.05, 0) is 49.4 Å². The molecule has 0 unspecified atom stereocenters. The SMILES string of the molecule is CNc1nc(-c2ccc(OC3CC3)cc2)c(CC(C)C)s1. The van der Waals surface area contributed by atoms with Crippen molar-refractivity contribution in [2.75, 3.05) is 12.4 Å². The Kier molecular flexibility index (Phi) is 4.15. The Morgan fingerprint density at radius 3 is 2.57 bits per heavy atom. The second kappa shape index (κ2) is 6.06. The van der Waals surface area contributed by atoms with E-state index in [2.05, 4.69) is 43.4 Å². The summed E-state index contributed by atoms with van der Waals surface area (Å²) in [6.45, 7) is 4.49. The minimum Gasteiger partial charge on any atom is -0.490 e. The summed E-state index contributed by atoms with van der Waals surface area (Å²) >= 11 is 1.75. The van der Waals surface area contributed by atoms with E-state index in [1.54, 1.807) is 11.3 Å². The fourth-order valence-corrected chi connectivity index (χ4v) is 3.41. The van der Waals surface area contributed by atoms with Gasteiger partial charge in [-0.1, -0.05) is 13.8 Å². The van der Waals surface area contributed by atoms with Crippen molar-refractivity contribution in [3.05, 3.63) is 29.1 Å². The van der Waals surface area contributed by atoms with Gasteiger partial charge in [0, 0.05) is 17.5 Å². The Hall–Kier alpha value is -1.55. The third-order valence-electron chi connectivity index (χ3n) is 3.46. The average molecular weight is 302 g/mol. The second-order valence-electron chi connectivity index (χ2n) is 5.98. The number of nitrogens with zero attached hydrogens (tertiary/aromatic N) is 1. The lowest BCUT2D eigenvalue weighted by Crippen LogP contribution is -1.96. The molecule has 1 saturated carbocycles. The first-order chi connectivity index (χ1) is 10.2. The van der Waals surface area contributed by atoms with E-state index in [0.29, 0.717) is 12.0 Å². The van der Waals surface area contributed by atoms with E-state index in [-0.39, 0.29) is 0 Å². The fraction of sp³-hybridized carbons (Fsp3) is 0.471. The minimum atomic E-state index is 0.447. The van der Waals surface area contributed by atoms with Gasteiger partial charge in [0.25, 0.3) is 0 Å². The highest BCUT2D eigenvalue weighted by Crippen LogP contribution is 2.34. The molecule has 0 atom stereocenters. The molecule has 4 heteroatoms. The van der Waals surface area contributed by atoms with Crippen molar-refractivity contribution < 1.29 is 4.74 Å². The van der Waals surface area contributed by atoms with E-state index in [4.69, 9.17) is 9.72 Å². The van der Waals surface area contributed by atoms with Gasteiger partial charge < -0.3 is 10.1 Å². The fourth-order valence-electron chi connectivity index (χ4n) is 2.26. The van der Waals surface area contributed by atoms with Gasteiger partial charge in [0.05, 0.1) is 11.8 Å². The summed E-state index contributed by atoms with van der Waals surface area (Å²) in [7, 11) is 1.92. The van der Waals surface area contributed by atoms with Crippen molar-refractivity contribution in [3.8, 4) is 17.0 Å². The molecular weight excluding hydrogens is 280 g/mol. The molecule has 1 N–H and O–H groups in total. The maximum Gasteiger partial charge on any atom is 0.183 e. The summed E-state index contributed by atoms with van der Waals surface area (Å²) in [6.07, 6.45) is 3.90. The number of hydrogen-bond acceptors (Lipinski definition) is 4. The zero-order valence-corrected chi connectivity index (χ0v) is 13.7.